The van der Waals surface area contributed by atoms with Crippen molar-refractivity contribution in [2.75, 3.05) is 17.3 Å². The fraction of sp³-hybridized carbons (Fsp3) is 0.600. The Labute approximate surface area is 90.5 Å². The van der Waals surface area contributed by atoms with Gasteiger partial charge in [-0.1, -0.05) is 13.8 Å². The Hall–Kier alpha value is -1.36. The maximum absolute atomic E-state index is 5.23. The van der Waals surface area contributed by atoms with Gasteiger partial charge in [0.2, 0.25) is 0 Å². The molecule has 0 aliphatic carbocycles. The van der Waals surface area contributed by atoms with Gasteiger partial charge in [0, 0.05) is 6.54 Å². The number of nitrogen functional groups attached to an aromatic ring is 1. The normalized spacial score (nSPS) is 10.4. The molecular weight excluding hydrogens is 190 g/mol. The van der Waals surface area contributed by atoms with Crippen LogP contribution in [0.4, 0.5) is 11.6 Å². The first-order chi connectivity index (χ1) is 7.22. The standard InChI is InChI=1S/C10H19N5/c1-8(2)4-3-5-13-9-6-12-7-10(14-9)15-11/h6-8H,3-5,11H2,1-2H3,(H2,13,14,15). The van der Waals surface area contributed by atoms with E-state index in [-0.39, 0.29) is 0 Å². The lowest BCUT2D eigenvalue weighted by molar-refractivity contribution is 0.566. The SMILES string of the molecule is CC(C)CCCNc1cncc(NN)n1. The van der Waals surface area contributed by atoms with Gasteiger partial charge >= 0.3 is 0 Å². The highest BCUT2D eigenvalue weighted by molar-refractivity contribution is 5.40. The summed E-state index contributed by atoms with van der Waals surface area (Å²) in [5.41, 5.74) is 2.46. The molecule has 0 atom stereocenters. The van der Waals surface area contributed by atoms with Crippen molar-refractivity contribution in [3.8, 4) is 0 Å². The summed E-state index contributed by atoms with van der Waals surface area (Å²) in [5, 5.41) is 3.21. The Morgan fingerprint density at radius 1 is 1.33 bits per heavy atom. The van der Waals surface area contributed by atoms with Crippen molar-refractivity contribution in [2.24, 2.45) is 11.8 Å². The van der Waals surface area contributed by atoms with Gasteiger partial charge in [-0.3, -0.25) is 4.98 Å². The van der Waals surface area contributed by atoms with Gasteiger partial charge in [0.25, 0.3) is 0 Å². The smallest absolute Gasteiger partial charge is 0.160 e. The summed E-state index contributed by atoms with van der Waals surface area (Å²) < 4.78 is 0. The van der Waals surface area contributed by atoms with Crippen LogP contribution in [0.1, 0.15) is 26.7 Å². The fourth-order valence-corrected chi connectivity index (χ4v) is 1.25. The van der Waals surface area contributed by atoms with Crippen LogP contribution >= 0.6 is 0 Å². The maximum atomic E-state index is 5.23. The molecule has 0 fully saturated rings. The Morgan fingerprint density at radius 2 is 2.07 bits per heavy atom. The second-order valence-electron chi connectivity index (χ2n) is 3.90. The Morgan fingerprint density at radius 3 is 2.73 bits per heavy atom. The van der Waals surface area contributed by atoms with E-state index in [0.29, 0.717) is 5.82 Å². The summed E-state index contributed by atoms with van der Waals surface area (Å²) in [6, 6.07) is 0. The fourth-order valence-electron chi connectivity index (χ4n) is 1.25. The van der Waals surface area contributed by atoms with E-state index in [0.717, 1.165) is 24.7 Å². The van der Waals surface area contributed by atoms with Crippen LogP contribution in [0.15, 0.2) is 12.4 Å². The zero-order valence-electron chi connectivity index (χ0n) is 9.33. The molecule has 0 aliphatic heterocycles. The van der Waals surface area contributed by atoms with Crippen molar-refractivity contribution in [3.05, 3.63) is 12.4 Å². The van der Waals surface area contributed by atoms with Gasteiger partial charge in [-0.15, -0.1) is 0 Å². The molecule has 0 saturated heterocycles. The number of anilines is 2. The molecule has 0 bridgehead atoms. The predicted molar refractivity (Wildman–Crippen MR) is 62.4 cm³/mol. The number of hydrazine groups is 1. The lowest BCUT2D eigenvalue weighted by Crippen LogP contribution is -2.11. The Bertz CT molecular complexity index is 287. The molecule has 0 unspecified atom stereocenters. The second kappa shape index (κ2) is 6.19. The molecule has 0 spiro atoms. The number of hydrogen-bond donors (Lipinski definition) is 3. The first-order valence-electron chi connectivity index (χ1n) is 5.25. The molecule has 5 nitrogen and oxygen atoms in total. The number of nitrogens with zero attached hydrogens (tertiary/aromatic N) is 2. The summed E-state index contributed by atoms with van der Waals surface area (Å²) >= 11 is 0. The lowest BCUT2D eigenvalue weighted by atomic mass is 10.1. The van der Waals surface area contributed by atoms with E-state index in [4.69, 9.17) is 5.84 Å². The van der Waals surface area contributed by atoms with Gasteiger partial charge in [0.05, 0.1) is 12.4 Å². The summed E-state index contributed by atoms with van der Waals surface area (Å²) in [4.78, 5) is 8.20. The molecule has 1 aromatic heterocycles. The average Bonchev–Trinajstić information content (AvgIpc) is 2.24. The van der Waals surface area contributed by atoms with Crippen LogP contribution in [0.3, 0.4) is 0 Å². The quantitative estimate of drug-likeness (QED) is 0.377. The number of hydrogen-bond acceptors (Lipinski definition) is 5. The third-order valence-corrected chi connectivity index (χ3v) is 2.05. The molecule has 1 heterocycles. The van der Waals surface area contributed by atoms with E-state index in [1.807, 2.05) is 0 Å². The number of nitrogens with two attached hydrogens (primary N) is 1. The van der Waals surface area contributed by atoms with Crippen molar-refractivity contribution in [3.63, 3.8) is 0 Å². The van der Waals surface area contributed by atoms with Crippen LogP contribution in [0.25, 0.3) is 0 Å². The topological polar surface area (TPSA) is 75.9 Å². The van der Waals surface area contributed by atoms with Gasteiger partial charge in [0.1, 0.15) is 5.82 Å². The summed E-state index contributed by atoms with van der Waals surface area (Å²) in [6.45, 7) is 5.36. The van der Waals surface area contributed by atoms with Crippen molar-refractivity contribution in [1.29, 1.82) is 0 Å². The third-order valence-electron chi connectivity index (χ3n) is 2.05. The van der Waals surface area contributed by atoms with Crippen LogP contribution in [0.2, 0.25) is 0 Å². The monoisotopic (exact) mass is 209 g/mol. The first-order valence-corrected chi connectivity index (χ1v) is 5.25. The molecule has 1 aromatic rings. The van der Waals surface area contributed by atoms with Crippen LogP contribution in [0.5, 0.6) is 0 Å². The summed E-state index contributed by atoms with van der Waals surface area (Å²) in [5.74, 6) is 7.31. The van der Waals surface area contributed by atoms with Crippen LogP contribution in [-0.4, -0.2) is 16.5 Å². The molecule has 15 heavy (non-hydrogen) atoms. The number of nitrogens with one attached hydrogen (secondary N) is 2. The van der Waals surface area contributed by atoms with Crippen molar-refractivity contribution in [1.82, 2.24) is 9.97 Å². The average molecular weight is 209 g/mol. The highest BCUT2D eigenvalue weighted by atomic mass is 15.3. The van der Waals surface area contributed by atoms with Gasteiger partial charge in [-0.25, -0.2) is 10.8 Å². The summed E-state index contributed by atoms with van der Waals surface area (Å²) in [6.07, 6.45) is 5.63. The molecular formula is C10H19N5. The van der Waals surface area contributed by atoms with Gasteiger partial charge in [0.15, 0.2) is 5.82 Å². The molecule has 0 aromatic carbocycles. The first kappa shape index (κ1) is 11.7. The molecule has 0 amide bonds. The van der Waals surface area contributed by atoms with Crippen LogP contribution < -0.4 is 16.6 Å². The van der Waals surface area contributed by atoms with E-state index in [1.54, 1.807) is 12.4 Å². The van der Waals surface area contributed by atoms with Crippen LogP contribution in [-0.2, 0) is 0 Å². The highest BCUT2D eigenvalue weighted by Crippen LogP contribution is 2.07. The second-order valence-corrected chi connectivity index (χ2v) is 3.90. The molecule has 0 radical (unpaired) electrons. The Kier molecular flexibility index (Phi) is 4.83. The minimum Gasteiger partial charge on any atom is -0.369 e. The minimum absolute atomic E-state index is 0.573. The predicted octanol–water partition coefficient (Wildman–Crippen LogP) is 1.61. The van der Waals surface area contributed by atoms with Crippen LogP contribution in [0, 0.1) is 5.92 Å². The molecule has 4 N–H and O–H groups in total. The Balaban J connectivity index is 2.30. The largest absolute Gasteiger partial charge is 0.369 e. The van der Waals surface area contributed by atoms with Gasteiger partial charge < -0.3 is 10.7 Å². The number of aromatic nitrogens is 2. The van der Waals surface area contributed by atoms with E-state index < -0.39 is 0 Å². The molecule has 1 rings (SSSR count). The van der Waals surface area contributed by atoms with E-state index >= 15 is 0 Å². The van der Waals surface area contributed by atoms with Crippen molar-refractivity contribution < 1.29 is 0 Å². The molecule has 0 saturated carbocycles. The van der Waals surface area contributed by atoms with Crippen molar-refractivity contribution >= 4 is 11.6 Å². The zero-order valence-corrected chi connectivity index (χ0v) is 9.33. The van der Waals surface area contributed by atoms with E-state index in [9.17, 15) is 0 Å². The van der Waals surface area contributed by atoms with E-state index in [1.165, 1.54) is 6.42 Å². The molecule has 0 aliphatic rings. The van der Waals surface area contributed by atoms with Gasteiger partial charge in [-0.2, -0.15) is 0 Å². The number of rotatable bonds is 6. The van der Waals surface area contributed by atoms with Gasteiger partial charge in [-0.05, 0) is 18.8 Å². The maximum Gasteiger partial charge on any atom is 0.160 e. The zero-order chi connectivity index (χ0) is 11.1. The lowest BCUT2D eigenvalue weighted by Gasteiger charge is -2.07. The molecule has 5 heteroatoms. The minimum atomic E-state index is 0.573. The highest BCUT2D eigenvalue weighted by Gasteiger charge is 1.97. The van der Waals surface area contributed by atoms with Crippen molar-refractivity contribution in [2.45, 2.75) is 26.7 Å². The third kappa shape index (κ3) is 4.60. The summed E-state index contributed by atoms with van der Waals surface area (Å²) in [7, 11) is 0. The molecule has 84 valence electrons. The van der Waals surface area contributed by atoms with E-state index in [2.05, 4.69) is 34.6 Å².